The van der Waals surface area contributed by atoms with Crippen molar-refractivity contribution in [3.63, 3.8) is 0 Å². The molecule has 0 aliphatic carbocycles. The highest BCUT2D eigenvalue weighted by molar-refractivity contribution is 5.28. The fourth-order valence-corrected chi connectivity index (χ4v) is 4.13. The Kier molecular flexibility index (Phi) is 4.66. The number of nitrogens with one attached hydrogen (secondary N) is 1. The minimum atomic E-state index is 0.480. The van der Waals surface area contributed by atoms with Gasteiger partial charge >= 0.3 is 0 Å². The van der Waals surface area contributed by atoms with Gasteiger partial charge in [-0.05, 0) is 23.1 Å². The van der Waals surface area contributed by atoms with E-state index in [2.05, 4.69) is 88.8 Å². The molecule has 0 unspecified atom stereocenters. The van der Waals surface area contributed by atoms with E-state index in [4.69, 9.17) is 0 Å². The molecule has 1 aliphatic rings. The molecule has 3 heteroatoms. The predicted octanol–water partition coefficient (Wildman–Crippen LogP) is 4.40. The van der Waals surface area contributed by atoms with E-state index in [1.54, 1.807) is 0 Å². The normalized spacial score (nSPS) is 22.1. The van der Waals surface area contributed by atoms with E-state index in [0.29, 0.717) is 17.8 Å². The molecule has 0 radical (unpaired) electrons. The molecule has 3 aromatic rings. The number of hydrogen-bond acceptors (Lipinski definition) is 2. The van der Waals surface area contributed by atoms with Crippen molar-refractivity contribution in [2.75, 3.05) is 19.6 Å². The second-order valence-corrected chi connectivity index (χ2v) is 7.17. The fraction of sp³-hybridized carbons (Fsp3) is 0.318. The third-order valence-corrected chi connectivity index (χ3v) is 5.45. The zero-order valence-corrected chi connectivity index (χ0v) is 14.7. The van der Waals surface area contributed by atoms with Crippen LogP contribution in [0.5, 0.6) is 0 Å². The molecule has 1 aromatic heterocycles. The standard InChI is InChI=1S/C22H25N3/c1-17(18-8-4-2-5-9-18)14-25-15-20(19-10-6-3-7-11-19)21(16-25)22-12-13-23-24-22/h2-13,17,20-21H,14-16H2,1H3,(H,23,24)/t17-,20+,21-/m1/s1. The highest BCUT2D eigenvalue weighted by Crippen LogP contribution is 2.39. The van der Waals surface area contributed by atoms with Crippen molar-refractivity contribution in [3.05, 3.63) is 89.7 Å². The predicted molar refractivity (Wildman–Crippen MR) is 102 cm³/mol. The average molecular weight is 331 g/mol. The lowest BCUT2D eigenvalue weighted by molar-refractivity contribution is 0.313. The van der Waals surface area contributed by atoms with E-state index in [1.807, 2.05) is 6.20 Å². The van der Waals surface area contributed by atoms with Crippen LogP contribution in [0.25, 0.3) is 0 Å². The second kappa shape index (κ2) is 7.24. The van der Waals surface area contributed by atoms with E-state index < -0.39 is 0 Å². The van der Waals surface area contributed by atoms with Crippen LogP contribution in [0.15, 0.2) is 72.9 Å². The number of hydrogen-bond donors (Lipinski definition) is 1. The first-order chi connectivity index (χ1) is 12.3. The molecule has 2 heterocycles. The number of benzene rings is 2. The second-order valence-electron chi connectivity index (χ2n) is 7.17. The van der Waals surface area contributed by atoms with Gasteiger partial charge in [-0.3, -0.25) is 5.10 Å². The average Bonchev–Trinajstić information content (AvgIpc) is 3.33. The Morgan fingerprint density at radius 1 is 0.960 bits per heavy atom. The maximum Gasteiger partial charge on any atom is 0.0490 e. The number of rotatable bonds is 5. The highest BCUT2D eigenvalue weighted by atomic mass is 15.2. The largest absolute Gasteiger partial charge is 0.301 e. The molecule has 1 saturated heterocycles. The first kappa shape index (κ1) is 16.1. The summed E-state index contributed by atoms with van der Waals surface area (Å²) in [4.78, 5) is 2.61. The van der Waals surface area contributed by atoms with Crippen molar-refractivity contribution in [3.8, 4) is 0 Å². The van der Waals surface area contributed by atoms with Crippen molar-refractivity contribution in [1.29, 1.82) is 0 Å². The Labute approximate surface area is 149 Å². The summed E-state index contributed by atoms with van der Waals surface area (Å²) in [7, 11) is 0. The van der Waals surface area contributed by atoms with Gasteiger partial charge in [0.2, 0.25) is 0 Å². The first-order valence-electron chi connectivity index (χ1n) is 9.13. The third-order valence-electron chi connectivity index (χ3n) is 5.45. The number of likely N-dealkylation sites (tertiary alicyclic amines) is 1. The molecule has 3 nitrogen and oxygen atoms in total. The lowest BCUT2D eigenvalue weighted by atomic mass is 9.87. The summed E-state index contributed by atoms with van der Waals surface area (Å²) in [5.41, 5.74) is 4.10. The zero-order chi connectivity index (χ0) is 17.1. The highest BCUT2D eigenvalue weighted by Gasteiger charge is 2.35. The molecule has 1 N–H and O–H groups in total. The molecule has 128 valence electrons. The molecule has 25 heavy (non-hydrogen) atoms. The van der Waals surface area contributed by atoms with Gasteiger partial charge in [-0.25, -0.2) is 0 Å². The van der Waals surface area contributed by atoms with E-state index in [-0.39, 0.29) is 0 Å². The minimum absolute atomic E-state index is 0.480. The number of aromatic nitrogens is 2. The molecule has 1 aliphatic heterocycles. The number of H-pyrrole nitrogens is 1. The van der Waals surface area contributed by atoms with E-state index in [1.165, 1.54) is 16.8 Å². The van der Waals surface area contributed by atoms with Gasteiger partial charge in [-0.2, -0.15) is 5.10 Å². The van der Waals surface area contributed by atoms with E-state index >= 15 is 0 Å². The van der Waals surface area contributed by atoms with Gasteiger partial charge in [-0.15, -0.1) is 0 Å². The minimum Gasteiger partial charge on any atom is -0.301 e. The third kappa shape index (κ3) is 3.52. The van der Waals surface area contributed by atoms with Crippen LogP contribution in [0.2, 0.25) is 0 Å². The van der Waals surface area contributed by atoms with Crippen LogP contribution < -0.4 is 0 Å². The smallest absolute Gasteiger partial charge is 0.0490 e. The van der Waals surface area contributed by atoms with Gasteiger partial charge in [0.15, 0.2) is 0 Å². The SMILES string of the molecule is C[C@H](CN1C[C@@H](c2ccccc2)[C@H](c2ccn[nH]2)C1)c1ccccc1. The molecular formula is C22H25N3. The van der Waals surface area contributed by atoms with Gasteiger partial charge in [0.25, 0.3) is 0 Å². The topological polar surface area (TPSA) is 31.9 Å². The zero-order valence-electron chi connectivity index (χ0n) is 14.7. The summed E-state index contributed by atoms with van der Waals surface area (Å²) in [5.74, 6) is 1.54. The van der Waals surface area contributed by atoms with Crippen LogP contribution in [0.4, 0.5) is 0 Å². The van der Waals surface area contributed by atoms with Crippen molar-refractivity contribution < 1.29 is 0 Å². The Morgan fingerprint density at radius 3 is 2.32 bits per heavy atom. The summed E-state index contributed by atoms with van der Waals surface area (Å²) in [5, 5.41) is 7.39. The molecule has 4 rings (SSSR count). The Bertz CT molecular complexity index is 768. The van der Waals surface area contributed by atoms with Crippen LogP contribution >= 0.6 is 0 Å². The van der Waals surface area contributed by atoms with Gasteiger partial charge in [-0.1, -0.05) is 67.6 Å². The van der Waals surface area contributed by atoms with E-state index in [0.717, 1.165) is 19.6 Å². The molecular weight excluding hydrogens is 306 g/mol. The molecule has 0 amide bonds. The maximum absolute atomic E-state index is 4.18. The van der Waals surface area contributed by atoms with Crippen molar-refractivity contribution in [1.82, 2.24) is 15.1 Å². The van der Waals surface area contributed by atoms with Crippen LogP contribution in [0.1, 0.15) is 41.5 Å². The molecule has 0 bridgehead atoms. The Balaban J connectivity index is 1.53. The summed E-state index contributed by atoms with van der Waals surface area (Å²) in [6.07, 6.45) is 1.87. The van der Waals surface area contributed by atoms with Crippen LogP contribution in [0.3, 0.4) is 0 Å². The monoisotopic (exact) mass is 331 g/mol. The number of aromatic amines is 1. The maximum atomic E-state index is 4.18. The summed E-state index contributed by atoms with van der Waals surface area (Å²) in [6, 6.07) is 23.9. The van der Waals surface area contributed by atoms with Gasteiger partial charge in [0, 0.05) is 43.4 Å². The Morgan fingerprint density at radius 2 is 1.64 bits per heavy atom. The fourth-order valence-electron chi connectivity index (χ4n) is 4.13. The van der Waals surface area contributed by atoms with Crippen LogP contribution in [0, 0.1) is 0 Å². The quantitative estimate of drug-likeness (QED) is 0.751. The molecule has 2 aromatic carbocycles. The molecule has 3 atom stereocenters. The molecule has 0 spiro atoms. The lowest BCUT2D eigenvalue weighted by Gasteiger charge is -2.21. The summed E-state index contributed by atoms with van der Waals surface area (Å²) >= 11 is 0. The molecule has 1 fully saturated rings. The summed E-state index contributed by atoms with van der Waals surface area (Å²) < 4.78 is 0. The first-order valence-corrected chi connectivity index (χ1v) is 9.13. The number of nitrogens with zero attached hydrogens (tertiary/aromatic N) is 2. The lowest BCUT2D eigenvalue weighted by Crippen LogP contribution is -2.25. The van der Waals surface area contributed by atoms with Crippen molar-refractivity contribution >= 4 is 0 Å². The van der Waals surface area contributed by atoms with Crippen molar-refractivity contribution in [2.24, 2.45) is 0 Å². The van der Waals surface area contributed by atoms with Crippen LogP contribution in [-0.2, 0) is 0 Å². The van der Waals surface area contributed by atoms with Gasteiger partial charge in [0.05, 0.1) is 0 Å². The van der Waals surface area contributed by atoms with Crippen molar-refractivity contribution in [2.45, 2.75) is 24.7 Å². The van der Waals surface area contributed by atoms with Gasteiger partial charge in [0.1, 0.15) is 0 Å². The van der Waals surface area contributed by atoms with E-state index in [9.17, 15) is 0 Å². The summed E-state index contributed by atoms with van der Waals surface area (Å²) in [6.45, 7) is 5.61. The molecule has 0 saturated carbocycles. The van der Waals surface area contributed by atoms with Gasteiger partial charge < -0.3 is 4.90 Å². The van der Waals surface area contributed by atoms with Crippen LogP contribution in [-0.4, -0.2) is 34.7 Å². The Hall–Kier alpha value is -2.39.